The molecule has 6 heteroatoms. The summed E-state index contributed by atoms with van der Waals surface area (Å²) < 4.78 is 21.7. The first-order chi connectivity index (χ1) is 31.9. The number of rotatable bonds is 58. The molecule has 0 N–H and O–H groups in total. The molecule has 0 aliphatic rings. The van der Waals surface area contributed by atoms with E-state index in [1.807, 2.05) is 0 Å². The Bertz CT molecular complexity index is 778. The Balaban J connectivity index is 0. The molecule has 0 spiro atoms. The number of hydrogen-bond donors (Lipinski definition) is 0. The van der Waals surface area contributed by atoms with Crippen LogP contribution in [0, 0.1) is 0 Å². The van der Waals surface area contributed by atoms with E-state index >= 15 is 0 Å². The van der Waals surface area contributed by atoms with Gasteiger partial charge >= 0.3 is 8.80 Å². The molecule has 0 rings (SSSR count). The van der Waals surface area contributed by atoms with Crippen molar-refractivity contribution in [3.05, 3.63) is 0 Å². The lowest BCUT2D eigenvalue weighted by Gasteiger charge is -2.31. The average molecular weight is 973 g/mol. The summed E-state index contributed by atoms with van der Waals surface area (Å²) in [6.07, 6.45) is 68.3. The Kier molecular flexibility index (Phi) is 58.3. The largest absolute Gasteiger partial charge is 1.00 e. The van der Waals surface area contributed by atoms with Crippen LogP contribution < -0.4 is 12.4 Å². The molecule has 400 valence electrons. The van der Waals surface area contributed by atoms with Crippen LogP contribution in [0.5, 0.6) is 0 Å². The van der Waals surface area contributed by atoms with E-state index in [0.717, 1.165) is 62.6 Å². The number of halogens is 1. The summed E-state index contributed by atoms with van der Waals surface area (Å²) in [5.41, 5.74) is 0. The predicted molar refractivity (Wildman–Crippen MR) is 295 cm³/mol. The minimum absolute atomic E-state index is 0. The minimum atomic E-state index is -2.73. The molecule has 0 aromatic rings. The highest BCUT2D eigenvalue weighted by atomic mass is 35.5. The van der Waals surface area contributed by atoms with E-state index in [9.17, 15) is 0 Å². The highest BCUT2D eigenvalue weighted by Gasteiger charge is 2.41. The maximum atomic E-state index is 6.91. The average Bonchev–Trinajstić information content (AvgIpc) is 3.29. The topological polar surface area (TPSA) is 27.7 Å². The molecule has 0 aromatic carbocycles. The Labute approximate surface area is 425 Å². The van der Waals surface area contributed by atoms with Crippen LogP contribution in [-0.4, -0.2) is 60.8 Å². The van der Waals surface area contributed by atoms with Gasteiger partial charge in [0.15, 0.2) is 0 Å². The molecule has 0 saturated heterocycles. The number of hydrogen-bond acceptors (Lipinski definition) is 3. The van der Waals surface area contributed by atoms with Gasteiger partial charge in [0.05, 0.1) is 27.7 Å². The van der Waals surface area contributed by atoms with E-state index in [-0.39, 0.29) is 12.4 Å². The van der Waals surface area contributed by atoms with Crippen molar-refractivity contribution < 1.29 is 30.2 Å². The Morgan fingerprint density at radius 1 is 0.242 bits per heavy atom. The molecule has 0 saturated carbocycles. The third-order valence-electron chi connectivity index (χ3n) is 14.3. The van der Waals surface area contributed by atoms with Gasteiger partial charge in [-0.25, -0.2) is 0 Å². The number of quaternary nitrogens is 1. The second kappa shape index (κ2) is 56.3. The van der Waals surface area contributed by atoms with E-state index in [4.69, 9.17) is 13.3 Å². The quantitative estimate of drug-likeness (QED) is 0.0345. The highest BCUT2D eigenvalue weighted by molar-refractivity contribution is 6.60. The zero-order valence-corrected chi connectivity index (χ0v) is 48.5. The summed E-state index contributed by atoms with van der Waals surface area (Å²) in [7, 11) is 4.21. The fraction of sp³-hybridized carbons (Fsp3) is 1.00. The lowest BCUT2D eigenvalue weighted by molar-refractivity contribution is -0.870. The molecule has 66 heavy (non-hydrogen) atoms. The summed E-state index contributed by atoms with van der Waals surface area (Å²) in [5.74, 6) is 0. The normalized spacial score (nSPS) is 12.1. The van der Waals surface area contributed by atoms with Gasteiger partial charge in [0.2, 0.25) is 0 Å². The van der Waals surface area contributed by atoms with Crippen LogP contribution in [0.3, 0.4) is 0 Å². The summed E-state index contributed by atoms with van der Waals surface area (Å²) in [4.78, 5) is 0. The predicted octanol–water partition coefficient (Wildman–Crippen LogP) is 17.9. The number of unbranched alkanes of at least 4 members (excludes halogenated alkanes) is 45. The van der Waals surface area contributed by atoms with Gasteiger partial charge < -0.3 is 30.2 Å². The standard InChI is InChI=1S/C60H126NO3Si.ClH/c1-7-10-13-16-19-22-25-28-31-34-37-40-43-46-49-52-57-62-65(60-55-56-61(4,5)6,63-58-53-50-47-44-41-38-35-32-29-26-23-20-17-14-11-8-2)64-59-54-51-48-45-42-39-36-33-30-27-24-21-18-15-12-9-3;/h7-60H2,1-6H3;1H/q+1;/p-1. The van der Waals surface area contributed by atoms with E-state index in [1.165, 1.54) is 289 Å². The molecule has 0 aliphatic carbocycles. The second-order valence-electron chi connectivity index (χ2n) is 22.3. The van der Waals surface area contributed by atoms with Crippen molar-refractivity contribution in [1.82, 2.24) is 0 Å². The van der Waals surface area contributed by atoms with Gasteiger partial charge in [-0.2, -0.15) is 0 Å². The molecular weight excluding hydrogens is 846 g/mol. The Morgan fingerprint density at radius 3 is 0.576 bits per heavy atom. The molecule has 4 nitrogen and oxygen atoms in total. The molecule has 0 radical (unpaired) electrons. The fourth-order valence-electron chi connectivity index (χ4n) is 9.74. The second-order valence-corrected chi connectivity index (χ2v) is 25.0. The molecular formula is C60H126ClNO3Si. The van der Waals surface area contributed by atoms with Crippen molar-refractivity contribution >= 4 is 8.80 Å². The van der Waals surface area contributed by atoms with E-state index in [2.05, 4.69) is 41.9 Å². The third kappa shape index (κ3) is 55.3. The van der Waals surface area contributed by atoms with Crippen molar-refractivity contribution in [1.29, 1.82) is 0 Å². The molecule has 0 amide bonds. The molecule has 0 aliphatic heterocycles. The van der Waals surface area contributed by atoms with Gasteiger partial charge in [-0.3, -0.25) is 0 Å². The Hall–Kier alpha value is 0.347. The van der Waals surface area contributed by atoms with Crippen LogP contribution in [0.25, 0.3) is 0 Å². The first-order valence-corrected chi connectivity index (χ1v) is 32.5. The van der Waals surface area contributed by atoms with E-state index in [0.29, 0.717) is 0 Å². The minimum Gasteiger partial charge on any atom is -1.00 e. The van der Waals surface area contributed by atoms with Crippen LogP contribution in [0.4, 0.5) is 0 Å². The van der Waals surface area contributed by atoms with Crippen molar-refractivity contribution in [3.63, 3.8) is 0 Å². The van der Waals surface area contributed by atoms with E-state index in [1.54, 1.807) is 0 Å². The maximum Gasteiger partial charge on any atom is 0.501 e. The third-order valence-corrected chi connectivity index (χ3v) is 17.2. The van der Waals surface area contributed by atoms with Crippen LogP contribution in [0.15, 0.2) is 0 Å². The van der Waals surface area contributed by atoms with Gasteiger partial charge in [-0.15, -0.1) is 0 Å². The summed E-state index contributed by atoms with van der Waals surface area (Å²) in [6.45, 7) is 10.5. The molecule has 0 atom stereocenters. The summed E-state index contributed by atoms with van der Waals surface area (Å²) in [5, 5.41) is 0. The van der Waals surface area contributed by atoms with Gasteiger partial charge in [0.1, 0.15) is 0 Å². The van der Waals surface area contributed by atoms with Gasteiger partial charge in [-0.1, -0.05) is 310 Å². The SMILES string of the molecule is CCCCCCCCCCCCCCCCCCO[Si](CCC[N+](C)(C)C)(OCCCCCCCCCCCCCCCCCC)OCCCCCCCCCCCCCCCCCC.[Cl-]. The van der Waals surface area contributed by atoms with E-state index < -0.39 is 8.80 Å². The first-order valence-electron chi connectivity index (χ1n) is 30.6. The van der Waals surface area contributed by atoms with Crippen LogP contribution in [0.2, 0.25) is 6.04 Å². The van der Waals surface area contributed by atoms with Gasteiger partial charge in [0.25, 0.3) is 0 Å². The van der Waals surface area contributed by atoms with Crippen LogP contribution >= 0.6 is 0 Å². The van der Waals surface area contributed by atoms with Crippen molar-refractivity contribution in [2.24, 2.45) is 0 Å². The zero-order valence-electron chi connectivity index (χ0n) is 46.7. The summed E-state index contributed by atoms with van der Waals surface area (Å²) >= 11 is 0. The molecule has 0 aromatic heterocycles. The van der Waals surface area contributed by atoms with Gasteiger partial charge in [0, 0.05) is 32.3 Å². The maximum absolute atomic E-state index is 6.91. The Morgan fingerprint density at radius 2 is 0.409 bits per heavy atom. The molecule has 0 heterocycles. The summed E-state index contributed by atoms with van der Waals surface area (Å²) in [6, 6.07) is 0.971. The fourth-order valence-corrected chi connectivity index (χ4v) is 12.4. The zero-order chi connectivity index (χ0) is 47.3. The van der Waals surface area contributed by atoms with Crippen LogP contribution in [0.1, 0.15) is 335 Å². The molecule has 0 unspecified atom stereocenters. The smallest absolute Gasteiger partial charge is 0.501 e. The van der Waals surface area contributed by atoms with Gasteiger partial charge in [-0.05, 0) is 19.3 Å². The van der Waals surface area contributed by atoms with Crippen molar-refractivity contribution in [2.45, 2.75) is 341 Å². The van der Waals surface area contributed by atoms with Crippen LogP contribution in [-0.2, 0) is 13.3 Å². The first kappa shape index (κ1) is 68.4. The molecule has 0 bridgehead atoms. The lowest BCUT2D eigenvalue weighted by atomic mass is 10.0. The molecule has 0 fully saturated rings. The number of nitrogens with zero attached hydrogens (tertiary/aromatic N) is 1. The monoisotopic (exact) mass is 972 g/mol. The van der Waals surface area contributed by atoms with Crippen molar-refractivity contribution in [2.75, 3.05) is 47.5 Å². The van der Waals surface area contributed by atoms with Crippen molar-refractivity contribution in [3.8, 4) is 0 Å². The highest BCUT2D eigenvalue weighted by Crippen LogP contribution is 2.23. The lowest BCUT2D eigenvalue weighted by Crippen LogP contribution is -3.00.